The van der Waals surface area contributed by atoms with Crippen LogP contribution < -0.4 is 0 Å². The third-order valence-corrected chi connectivity index (χ3v) is 5.41. The summed E-state index contributed by atoms with van der Waals surface area (Å²) in [5.74, 6) is 0. The molecule has 1 heterocycles. The third-order valence-electron chi connectivity index (χ3n) is 3.56. The van der Waals surface area contributed by atoms with E-state index in [-0.39, 0.29) is 0 Å². The van der Waals surface area contributed by atoms with Crippen LogP contribution in [0.25, 0.3) is 31.3 Å². The molecule has 96 valence electrons. The number of fused-ring (bicyclic) bond motifs is 3. The molecule has 2 heteroatoms. The first-order chi connectivity index (χ1) is 9.83. The Hall–Kier alpha value is -1.39. The van der Waals surface area contributed by atoms with Crippen molar-refractivity contribution >= 4 is 54.1 Å². The standard InChI is InChI=1S/C18H11IS/c19-13-10-8-12(9-11-13)14-5-3-7-17-18(14)15-4-1-2-6-16(15)20-17/h1-11H. The first-order valence-corrected chi connectivity index (χ1v) is 8.39. The van der Waals surface area contributed by atoms with Gasteiger partial charge in [-0.2, -0.15) is 0 Å². The summed E-state index contributed by atoms with van der Waals surface area (Å²) < 4.78 is 4.00. The second-order valence-corrected chi connectivity index (χ2v) is 7.11. The lowest BCUT2D eigenvalue weighted by Gasteiger charge is -2.05. The second kappa shape index (κ2) is 4.86. The van der Waals surface area contributed by atoms with Crippen molar-refractivity contribution in [2.75, 3.05) is 0 Å². The minimum Gasteiger partial charge on any atom is -0.135 e. The van der Waals surface area contributed by atoms with Gasteiger partial charge in [0.1, 0.15) is 0 Å². The van der Waals surface area contributed by atoms with Gasteiger partial charge in [0, 0.05) is 23.7 Å². The van der Waals surface area contributed by atoms with Crippen LogP contribution in [-0.4, -0.2) is 0 Å². The van der Waals surface area contributed by atoms with Crippen LogP contribution in [0.15, 0.2) is 66.7 Å². The van der Waals surface area contributed by atoms with E-state index in [1.54, 1.807) is 0 Å². The van der Waals surface area contributed by atoms with E-state index in [1.807, 2.05) is 11.3 Å². The smallest absolute Gasteiger partial charge is 0.0361 e. The SMILES string of the molecule is Ic1ccc(-c2cccc3sc4ccccc4c23)cc1. The fourth-order valence-corrected chi connectivity index (χ4v) is 4.14. The molecule has 0 aliphatic carbocycles. The van der Waals surface area contributed by atoms with E-state index in [0.29, 0.717) is 0 Å². The zero-order valence-corrected chi connectivity index (χ0v) is 13.6. The second-order valence-electron chi connectivity index (χ2n) is 4.78. The highest BCUT2D eigenvalue weighted by molar-refractivity contribution is 14.1. The minimum absolute atomic E-state index is 1.27. The maximum absolute atomic E-state index is 2.35. The number of hydrogen-bond donors (Lipinski definition) is 0. The lowest BCUT2D eigenvalue weighted by Crippen LogP contribution is -1.79. The van der Waals surface area contributed by atoms with Crippen molar-refractivity contribution in [2.45, 2.75) is 0 Å². The van der Waals surface area contributed by atoms with Gasteiger partial charge in [-0.3, -0.25) is 0 Å². The quantitative estimate of drug-likeness (QED) is 0.336. The lowest BCUT2D eigenvalue weighted by molar-refractivity contribution is 1.62. The fraction of sp³-hybridized carbons (Fsp3) is 0. The van der Waals surface area contributed by atoms with E-state index < -0.39 is 0 Å². The Kier molecular flexibility index (Phi) is 3.00. The Balaban J connectivity index is 2.11. The third kappa shape index (κ3) is 1.95. The molecule has 0 bridgehead atoms. The maximum Gasteiger partial charge on any atom is 0.0361 e. The molecule has 1 aromatic heterocycles. The lowest BCUT2D eigenvalue weighted by atomic mass is 10.00. The normalized spacial score (nSPS) is 11.2. The van der Waals surface area contributed by atoms with Gasteiger partial charge in [-0.25, -0.2) is 0 Å². The summed E-state index contributed by atoms with van der Waals surface area (Å²) in [5, 5.41) is 2.75. The molecule has 0 saturated carbocycles. The highest BCUT2D eigenvalue weighted by Gasteiger charge is 2.09. The van der Waals surface area contributed by atoms with Crippen LogP contribution in [0.3, 0.4) is 0 Å². The monoisotopic (exact) mass is 386 g/mol. The fourth-order valence-electron chi connectivity index (χ4n) is 2.64. The van der Waals surface area contributed by atoms with Gasteiger partial charge in [-0.15, -0.1) is 11.3 Å². The average molecular weight is 386 g/mol. The number of thiophene rings is 1. The van der Waals surface area contributed by atoms with Crippen molar-refractivity contribution in [1.82, 2.24) is 0 Å². The van der Waals surface area contributed by atoms with Crippen LogP contribution in [0.4, 0.5) is 0 Å². The minimum atomic E-state index is 1.27. The van der Waals surface area contributed by atoms with E-state index in [2.05, 4.69) is 89.3 Å². The molecule has 20 heavy (non-hydrogen) atoms. The molecular weight excluding hydrogens is 375 g/mol. The summed E-state index contributed by atoms with van der Waals surface area (Å²) in [6, 6.07) is 24.0. The topological polar surface area (TPSA) is 0 Å². The molecule has 0 amide bonds. The predicted octanol–water partition coefficient (Wildman–Crippen LogP) is 6.33. The summed E-state index contributed by atoms with van der Waals surface area (Å²) >= 11 is 4.22. The molecule has 0 aliphatic heterocycles. The van der Waals surface area contributed by atoms with Gasteiger partial charge in [0.15, 0.2) is 0 Å². The first kappa shape index (κ1) is 12.4. The Morgan fingerprint density at radius 2 is 1.45 bits per heavy atom. The van der Waals surface area contributed by atoms with E-state index in [1.165, 1.54) is 34.9 Å². The van der Waals surface area contributed by atoms with E-state index >= 15 is 0 Å². The summed E-state index contributed by atoms with van der Waals surface area (Å²) in [6.07, 6.45) is 0. The molecule has 0 atom stereocenters. The number of rotatable bonds is 1. The molecule has 0 nitrogen and oxygen atoms in total. The number of halogens is 1. The van der Waals surface area contributed by atoms with Crippen LogP contribution in [0, 0.1) is 3.57 Å². The van der Waals surface area contributed by atoms with E-state index in [9.17, 15) is 0 Å². The summed E-state index contributed by atoms with van der Waals surface area (Å²) in [7, 11) is 0. The molecule has 0 aliphatic rings. The van der Waals surface area contributed by atoms with Crippen LogP contribution in [0.1, 0.15) is 0 Å². The molecule has 0 saturated heterocycles. The average Bonchev–Trinajstić information content (AvgIpc) is 2.86. The summed E-state index contributed by atoms with van der Waals surface area (Å²) in [4.78, 5) is 0. The van der Waals surface area contributed by atoms with Gasteiger partial charge in [-0.05, 0) is 58.0 Å². The molecule has 0 spiro atoms. The van der Waals surface area contributed by atoms with Crippen LogP contribution >= 0.6 is 33.9 Å². The van der Waals surface area contributed by atoms with Crippen LogP contribution in [0.2, 0.25) is 0 Å². The Bertz CT molecular complexity index is 904. The molecule has 0 radical (unpaired) electrons. The largest absolute Gasteiger partial charge is 0.135 e. The zero-order valence-electron chi connectivity index (χ0n) is 10.6. The molecular formula is C18H11IS. The van der Waals surface area contributed by atoms with Crippen LogP contribution in [-0.2, 0) is 0 Å². The van der Waals surface area contributed by atoms with Gasteiger partial charge in [0.05, 0.1) is 0 Å². The van der Waals surface area contributed by atoms with Gasteiger partial charge in [0.2, 0.25) is 0 Å². The maximum atomic E-state index is 2.35. The first-order valence-electron chi connectivity index (χ1n) is 6.49. The van der Waals surface area contributed by atoms with Crippen molar-refractivity contribution in [2.24, 2.45) is 0 Å². The molecule has 3 aromatic carbocycles. The van der Waals surface area contributed by atoms with Crippen molar-refractivity contribution in [1.29, 1.82) is 0 Å². The molecule has 0 unspecified atom stereocenters. The molecule has 4 rings (SSSR count). The summed E-state index contributed by atoms with van der Waals surface area (Å²) in [6.45, 7) is 0. The van der Waals surface area contributed by atoms with E-state index in [4.69, 9.17) is 0 Å². The van der Waals surface area contributed by atoms with Gasteiger partial charge in [-0.1, -0.05) is 42.5 Å². The Morgan fingerprint density at radius 1 is 0.700 bits per heavy atom. The van der Waals surface area contributed by atoms with Gasteiger partial charge in [0.25, 0.3) is 0 Å². The molecule has 0 fully saturated rings. The van der Waals surface area contributed by atoms with Crippen molar-refractivity contribution in [3.63, 3.8) is 0 Å². The van der Waals surface area contributed by atoms with Crippen molar-refractivity contribution in [3.05, 3.63) is 70.3 Å². The van der Waals surface area contributed by atoms with Gasteiger partial charge >= 0.3 is 0 Å². The predicted molar refractivity (Wildman–Crippen MR) is 97.5 cm³/mol. The Morgan fingerprint density at radius 3 is 2.30 bits per heavy atom. The van der Waals surface area contributed by atoms with Gasteiger partial charge < -0.3 is 0 Å². The van der Waals surface area contributed by atoms with Crippen molar-refractivity contribution in [3.8, 4) is 11.1 Å². The van der Waals surface area contributed by atoms with E-state index in [0.717, 1.165) is 0 Å². The van der Waals surface area contributed by atoms with Crippen LogP contribution in [0.5, 0.6) is 0 Å². The molecule has 4 aromatic rings. The zero-order chi connectivity index (χ0) is 13.5. The van der Waals surface area contributed by atoms with Crippen molar-refractivity contribution < 1.29 is 0 Å². The highest BCUT2D eigenvalue weighted by Crippen LogP contribution is 2.39. The highest BCUT2D eigenvalue weighted by atomic mass is 127. The Labute approximate surface area is 135 Å². The number of benzene rings is 3. The molecule has 0 N–H and O–H groups in total. The number of hydrogen-bond acceptors (Lipinski definition) is 1. The summed E-state index contributed by atoms with van der Waals surface area (Å²) in [5.41, 5.74) is 2.62.